The molecule has 10 nitrogen and oxygen atoms in total. The van der Waals surface area contributed by atoms with Crippen molar-refractivity contribution in [2.45, 2.75) is 39.3 Å². The number of phenolic OH excluding ortho intramolecular Hbond substituents is 1. The lowest BCUT2D eigenvalue weighted by Gasteiger charge is -2.23. The Kier molecular flexibility index (Phi) is 9.80. The molecule has 5 aromatic rings. The number of ether oxygens (including phenoxy) is 2. The summed E-state index contributed by atoms with van der Waals surface area (Å²) < 4.78 is 30.7. The normalized spacial score (nSPS) is 12.5. The van der Waals surface area contributed by atoms with E-state index < -0.39 is 35.6 Å². The molecule has 0 aliphatic carbocycles. The summed E-state index contributed by atoms with van der Waals surface area (Å²) in [6.07, 6.45) is 1.55. The van der Waals surface area contributed by atoms with Crippen molar-refractivity contribution in [2.75, 3.05) is 7.11 Å². The largest absolute Gasteiger partial charge is 0.508 e. The van der Waals surface area contributed by atoms with Crippen LogP contribution in [0.3, 0.4) is 0 Å². The third-order valence-electron chi connectivity index (χ3n) is 7.59. The average molecular weight is 628 g/mol. The Morgan fingerprint density at radius 3 is 2.46 bits per heavy atom. The number of carbonyl (C=O) groups excluding carboxylic acids is 3. The van der Waals surface area contributed by atoms with E-state index in [4.69, 9.17) is 13.9 Å². The minimum atomic E-state index is -0.847. The van der Waals surface area contributed by atoms with Gasteiger partial charge in [0.2, 0.25) is 11.8 Å². The molecule has 3 N–H and O–H groups in total. The number of hydrogen-bond donors (Lipinski definition) is 3. The number of esters is 2. The summed E-state index contributed by atoms with van der Waals surface area (Å²) in [6.45, 7) is 3.75. The predicted molar refractivity (Wildman–Crippen MR) is 167 cm³/mol. The number of rotatable bonds is 12. The molecule has 0 unspecified atom stereocenters. The number of carbonyl (C=O) groups is 3. The van der Waals surface area contributed by atoms with Crippen LogP contribution in [0.1, 0.15) is 53.8 Å². The van der Waals surface area contributed by atoms with Gasteiger partial charge in [-0.3, -0.25) is 9.59 Å². The fraction of sp³-hybridized carbons (Fsp3) is 0.257. The molecule has 1 amide bonds. The molecule has 11 heteroatoms. The number of nitrogens with zero attached hydrogens (tertiary/aromatic N) is 1. The Morgan fingerprint density at radius 1 is 1.02 bits per heavy atom. The Morgan fingerprint density at radius 2 is 1.76 bits per heavy atom. The SMILES string of the molecule is COC(=O)c1nc([C@@H](NC(=O)[C@@H](CC(=O)OCc2ccccc2)Cc2ccc(O)cc2)C(C)C)oc1-c1c[nH]c2ccc(F)cc12. The van der Waals surface area contributed by atoms with E-state index in [-0.39, 0.29) is 48.5 Å². The summed E-state index contributed by atoms with van der Waals surface area (Å²) in [5.41, 5.74) is 2.43. The minimum Gasteiger partial charge on any atom is -0.508 e. The molecule has 2 atom stereocenters. The molecule has 238 valence electrons. The quantitative estimate of drug-likeness (QED) is 0.138. The van der Waals surface area contributed by atoms with Crippen LogP contribution < -0.4 is 5.32 Å². The Hall–Kier alpha value is -5.45. The molecule has 2 heterocycles. The first-order valence-electron chi connectivity index (χ1n) is 14.8. The lowest BCUT2D eigenvalue weighted by Crippen LogP contribution is -2.38. The lowest BCUT2D eigenvalue weighted by molar-refractivity contribution is -0.148. The average Bonchev–Trinajstić information content (AvgIpc) is 3.67. The number of amides is 1. The molecule has 0 spiro atoms. The zero-order valence-electron chi connectivity index (χ0n) is 25.6. The van der Waals surface area contributed by atoms with E-state index in [9.17, 15) is 23.9 Å². The highest BCUT2D eigenvalue weighted by atomic mass is 19.1. The maximum Gasteiger partial charge on any atom is 0.360 e. The minimum absolute atomic E-state index is 0.0412. The third-order valence-corrected chi connectivity index (χ3v) is 7.59. The smallest absolute Gasteiger partial charge is 0.360 e. The van der Waals surface area contributed by atoms with Crippen molar-refractivity contribution in [3.05, 3.63) is 108 Å². The zero-order valence-corrected chi connectivity index (χ0v) is 25.6. The van der Waals surface area contributed by atoms with E-state index in [2.05, 4.69) is 15.3 Å². The van der Waals surface area contributed by atoms with Crippen LogP contribution in [0.2, 0.25) is 0 Å². The van der Waals surface area contributed by atoms with Crippen molar-refractivity contribution in [3.63, 3.8) is 0 Å². The van der Waals surface area contributed by atoms with Crippen LogP contribution in [0.15, 0.2) is 83.4 Å². The van der Waals surface area contributed by atoms with Crippen LogP contribution in [0, 0.1) is 17.7 Å². The van der Waals surface area contributed by atoms with Gasteiger partial charge in [-0.1, -0.05) is 56.3 Å². The molecule has 2 aromatic heterocycles. The second kappa shape index (κ2) is 14.1. The van der Waals surface area contributed by atoms with E-state index >= 15 is 0 Å². The van der Waals surface area contributed by atoms with E-state index in [0.29, 0.717) is 16.5 Å². The molecule has 0 aliphatic rings. The van der Waals surface area contributed by atoms with Gasteiger partial charge in [0.05, 0.1) is 19.4 Å². The number of nitrogens with one attached hydrogen (secondary N) is 2. The van der Waals surface area contributed by atoms with Gasteiger partial charge in [-0.15, -0.1) is 0 Å². The summed E-state index contributed by atoms with van der Waals surface area (Å²) in [5, 5.41) is 13.2. The maximum atomic E-state index is 14.2. The highest BCUT2D eigenvalue weighted by molar-refractivity contribution is 6.01. The summed E-state index contributed by atoms with van der Waals surface area (Å²) >= 11 is 0. The highest BCUT2D eigenvalue weighted by Gasteiger charge is 2.33. The molecule has 46 heavy (non-hydrogen) atoms. The highest BCUT2D eigenvalue weighted by Crippen LogP contribution is 2.35. The predicted octanol–water partition coefficient (Wildman–Crippen LogP) is 6.26. The number of aromatic nitrogens is 2. The number of aromatic amines is 1. The van der Waals surface area contributed by atoms with Crippen LogP contribution in [0.25, 0.3) is 22.2 Å². The fourth-order valence-electron chi connectivity index (χ4n) is 5.12. The number of fused-ring (bicyclic) bond motifs is 1. The summed E-state index contributed by atoms with van der Waals surface area (Å²) in [6, 6.07) is 19.0. The van der Waals surface area contributed by atoms with Crippen molar-refractivity contribution in [3.8, 4) is 17.1 Å². The van der Waals surface area contributed by atoms with E-state index in [1.807, 2.05) is 44.2 Å². The van der Waals surface area contributed by atoms with Gasteiger partial charge in [-0.2, -0.15) is 0 Å². The molecule has 0 saturated carbocycles. The molecule has 0 bridgehead atoms. The standard InChI is InChI=1S/C35H34FN3O7/c1-20(2)30(34-39-31(35(43)44-3)32(46-34)27-18-37-28-14-11-24(36)17-26(27)28)38-33(42)23(15-21-9-12-25(40)13-10-21)16-29(41)45-19-22-7-5-4-6-8-22/h4-14,17-18,20,23,30,37,40H,15-16,19H2,1-3H3,(H,38,42)/t23-,30+/m1/s1. The van der Waals surface area contributed by atoms with Gasteiger partial charge in [-0.25, -0.2) is 14.2 Å². The summed E-state index contributed by atoms with van der Waals surface area (Å²) in [7, 11) is 1.21. The fourth-order valence-corrected chi connectivity index (χ4v) is 5.12. The molecule has 0 saturated heterocycles. The van der Waals surface area contributed by atoms with Gasteiger partial charge in [0.25, 0.3) is 0 Å². The molecule has 0 fully saturated rings. The molecule has 0 radical (unpaired) electrons. The summed E-state index contributed by atoms with van der Waals surface area (Å²) in [4.78, 5) is 47.1. The number of methoxy groups -OCH3 is 1. The van der Waals surface area contributed by atoms with Crippen LogP contribution in [-0.2, 0) is 32.1 Å². The molecular formula is C35H34FN3O7. The molecule has 5 rings (SSSR count). The first-order valence-corrected chi connectivity index (χ1v) is 14.8. The van der Waals surface area contributed by atoms with Crippen molar-refractivity contribution in [1.29, 1.82) is 0 Å². The topological polar surface area (TPSA) is 144 Å². The van der Waals surface area contributed by atoms with Crippen molar-refractivity contribution in [1.82, 2.24) is 15.3 Å². The van der Waals surface area contributed by atoms with Crippen LogP contribution in [0.5, 0.6) is 5.75 Å². The van der Waals surface area contributed by atoms with Gasteiger partial charge in [0.1, 0.15) is 24.2 Å². The number of benzene rings is 3. The number of phenols is 1. The van der Waals surface area contributed by atoms with E-state index in [1.54, 1.807) is 24.4 Å². The van der Waals surface area contributed by atoms with Crippen molar-refractivity contribution >= 4 is 28.7 Å². The second-order valence-corrected chi connectivity index (χ2v) is 11.3. The van der Waals surface area contributed by atoms with Crippen molar-refractivity contribution in [2.24, 2.45) is 11.8 Å². The van der Waals surface area contributed by atoms with E-state index in [0.717, 1.165) is 11.1 Å². The van der Waals surface area contributed by atoms with Gasteiger partial charge < -0.3 is 29.3 Å². The van der Waals surface area contributed by atoms with Gasteiger partial charge in [0.15, 0.2) is 11.5 Å². The van der Waals surface area contributed by atoms with Gasteiger partial charge in [-0.05, 0) is 53.8 Å². The maximum absolute atomic E-state index is 14.2. The summed E-state index contributed by atoms with van der Waals surface area (Å²) in [5.74, 6) is -3.19. The van der Waals surface area contributed by atoms with E-state index in [1.165, 1.54) is 31.4 Å². The Bertz CT molecular complexity index is 1830. The zero-order chi connectivity index (χ0) is 32.8. The number of aromatic hydroxyl groups is 1. The second-order valence-electron chi connectivity index (χ2n) is 11.3. The monoisotopic (exact) mass is 627 g/mol. The molecular weight excluding hydrogens is 593 g/mol. The molecule has 0 aliphatic heterocycles. The number of hydrogen-bond acceptors (Lipinski definition) is 8. The Balaban J connectivity index is 1.43. The third kappa shape index (κ3) is 7.43. The number of oxazole rings is 1. The van der Waals surface area contributed by atoms with Gasteiger partial charge >= 0.3 is 11.9 Å². The van der Waals surface area contributed by atoms with Gasteiger partial charge in [0, 0.05) is 22.7 Å². The molecule has 3 aromatic carbocycles. The Labute approximate surface area is 264 Å². The van der Waals surface area contributed by atoms with Crippen LogP contribution in [0.4, 0.5) is 4.39 Å². The first kappa shape index (κ1) is 32.0. The lowest BCUT2D eigenvalue weighted by atomic mass is 9.94. The van der Waals surface area contributed by atoms with Crippen LogP contribution >= 0.6 is 0 Å². The first-order chi connectivity index (χ1) is 22.1. The number of halogens is 1. The number of H-pyrrole nitrogens is 1. The van der Waals surface area contributed by atoms with Crippen molar-refractivity contribution < 1.29 is 37.8 Å². The van der Waals surface area contributed by atoms with Crippen LogP contribution in [-0.4, -0.2) is 40.0 Å².